The molecule has 0 heterocycles. The first-order chi connectivity index (χ1) is 12.0. The number of hydrazone groups is 1. The van der Waals surface area contributed by atoms with Crippen molar-refractivity contribution in [3.63, 3.8) is 0 Å². The van der Waals surface area contributed by atoms with E-state index in [1.54, 1.807) is 12.1 Å². The molecule has 0 saturated carbocycles. The Morgan fingerprint density at radius 3 is 2.24 bits per heavy atom. The van der Waals surface area contributed by atoms with Crippen molar-refractivity contribution in [3.05, 3.63) is 59.2 Å². The van der Waals surface area contributed by atoms with E-state index in [4.69, 9.17) is 21.2 Å². The van der Waals surface area contributed by atoms with E-state index in [0.29, 0.717) is 16.8 Å². The third kappa shape index (κ3) is 3.96. The molecule has 0 aliphatic heterocycles. The third-order valence-corrected chi connectivity index (χ3v) is 3.33. The Morgan fingerprint density at radius 2 is 1.72 bits per heavy atom. The quantitative estimate of drug-likeness (QED) is 0.216. The number of nitrogens with zero attached hydrogens (tertiary/aromatic N) is 2. The Morgan fingerprint density at radius 1 is 1.12 bits per heavy atom. The van der Waals surface area contributed by atoms with Crippen molar-refractivity contribution in [3.8, 4) is 5.75 Å². The Balaban J connectivity index is 2.22. The maximum Gasteiger partial charge on any atom is 0.335 e. The molecule has 1 amide bonds. The Labute approximate surface area is 142 Å². The topological polar surface area (TPSA) is 150 Å². The number of nitrogens with one attached hydrogen (secondary N) is 2. The zero-order chi connectivity index (χ0) is 18.4. The largest absolute Gasteiger partial charge is 0.495 e. The van der Waals surface area contributed by atoms with Gasteiger partial charge in [0.05, 0.1) is 18.4 Å². The van der Waals surface area contributed by atoms with E-state index < -0.39 is 11.9 Å². The molecule has 0 atom stereocenters. The summed E-state index contributed by atoms with van der Waals surface area (Å²) in [5.74, 6) is 3.88. The zero-order valence-corrected chi connectivity index (χ0v) is 13.2. The van der Waals surface area contributed by atoms with Gasteiger partial charge in [-0.15, -0.1) is 5.11 Å². The number of benzene rings is 2. The molecule has 0 aliphatic carbocycles. The Kier molecular flexibility index (Phi) is 5.41. The molecule has 0 radical (unpaired) electrons. The summed E-state index contributed by atoms with van der Waals surface area (Å²) in [4.78, 5) is 23.3. The number of carboxylic acids is 1. The van der Waals surface area contributed by atoms with Crippen LogP contribution in [0.15, 0.2) is 52.7 Å². The number of carbonyl (C=O) groups is 2. The van der Waals surface area contributed by atoms with Crippen LogP contribution in [0.3, 0.4) is 0 Å². The maximum atomic E-state index is 12.3. The summed E-state index contributed by atoms with van der Waals surface area (Å²) in [6.45, 7) is 0. The lowest BCUT2D eigenvalue weighted by Crippen LogP contribution is -2.13. The predicted molar refractivity (Wildman–Crippen MR) is 90.2 cm³/mol. The average molecular weight is 341 g/mol. The molecule has 5 N–H and O–H groups in total. The van der Waals surface area contributed by atoms with Crippen LogP contribution in [0.4, 0.5) is 5.69 Å². The van der Waals surface area contributed by atoms with Gasteiger partial charge in [0.15, 0.2) is 5.84 Å². The molecule has 0 bridgehead atoms. The summed E-state index contributed by atoms with van der Waals surface area (Å²) >= 11 is 0. The highest BCUT2D eigenvalue weighted by atomic mass is 16.5. The van der Waals surface area contributed by atoms with Crippen LogP contribution in [-0.4, -0.2) is 29.9 Å². The number of anilines is 1. The Hall–Kier alpha value is -3.75. The summed E-state index contributed by atoms with van der Waals surface area (Å²) in [7, 11) is 1.38. The first-order valence-electron chi connectivity index (χ1n) is 6.98. The summed E-state index contributed by atoms with van der Waals surface area (Å²) in [6, 6.07) is 10.3. The smallest absolute Gasteiger partial charge is 0.335 e. The van der Waals surface area contributed by atoms with E-state index in [0.717, 1.165) is 0 Å². The van der Waals surface area contributed by atoms with Crippen LogP contribution in [0, 0.1) is 5.53 Å². The van der Waals surface area contributed by atoms with Gasteiger partial charge in [-0.3, -0.25) is 4.79 Å². The first kappa shape index (κ1) is 17.6. The molecule has 2 aromatic carbocycles. The van der Waals surface area contributed by atoms with Crippen LogP contribution in [0.5, 0.6) is 5.75 Å². The zero-order valence-electron chi connectivity index (χ0n) is 13.2. The lowest BCUT2D eigenvalue weighted by atomic mass is 10.1. The number of aromatic carboxylic acids is 1. The maximum absolute atomic E-state index is 12.3. The van der Waals surface area contributed by atoms with Crippen LogP contribution < -0.4 is 15.9 Å². The molecule has 9 nitrogen and oxygen atoms in total. The molecule has 128 valence electrons. The van der Waals surface area contributed by atoms with E-state index in [2.05, 4.69) is 15.5 Å². The highest BCUT2D eigenvalue weighted by Gasteiger charge is 2.13. The molecule has 2 aromatic rings. The van der Waals surface area contributed by atoms with E-state index >= 15 is 0 Å². The van der Waals surface area contributed by atoms with Crippen molar-refractivity contribution in [1.29, 1.82) is 5.53 Å². The van der Waals surface area contributed by atoms with E-state index in [1.165, 1.54) is 37.4 Å². The number of amides is 1. The van der Waals surface area contributed by atoms with Gasteiger partial charge in [0.25, 0.3) is 5.91 Å². The second-order valence-electron chi connectivity index (χ2n) is 4.82. The van der Waals surface area contributed by atoms with Crippen LogP contribution >= 0.6 is 0 Å². The van der Waals surface area contributed by atoms with Gasteiger partial charge >= 0.3 is 5.97 Å². The van der Waals surface area contributed by atoms with E-state index in [9.17, 15) is 9.59 Å². The average Bonchev–Trinajstić information content (AvgIpc) is 2.63. The van der Waals surface area contributed by atoms with E-state index in [1.807, 2.05) is 0 Å². The molecule has 0 aliphatic rings. The number of nitrogens with two attached hydrogens (primary N) is 1. The van der Waals surface area contributed by atoms with Gasteiger partial charge in [0, 0.05) is 11.1 Å². The Bertz CT molecular complexity index is 846. The molecule has 0 saturated heterocycles. The fourth-order valence-electron chi connectivity index (χ4n) is 2.06. The number of amidine groups is 1. The number of hydrogen-bond acceptors (Lipinski definition) is 6. The normalized spacial score (nSPS) is 10.8. The van der Waals surface area contributed by atoms with Crippen molar-refractivity contribution in [2.24, 2.45) is 16.1 Å². The minimum absolute atomic E-state index is 0.0397. The van der Waals surface area contributed by atoms with Gasteiger partial charge in [-0.25, -0.2) is 10.3 Å². The summed E-state index contributed by atoms with van der Waals surface area (Å²) in [5.41, 5.74) is 8.18. The molecule has 0 unspecified atom stereocenters. The number of rotatable bonds is 5. The van der Waals surface area contributed by atoms with E-state index in [-0.39, 0.29) is 17.1 Å². The molecular weight excluding hydrogens is 326 g/mol. The minimum atomic E-state index is -1.09. The predicted octanol–water partition coefficient (Wildman–Crippen LogP) is 2.30. The lowest BCUT2D eigenvalue weighted by Gasteiger charge is -2.11. The SMILES string of the molecule is COc1cc(C(=O)O)ccc1NC(=O)c1ccc(/C(N=N)=N/N)cc1. The standard InChI is InChI=1S/C16H15N5O4/c1-25-13-8-11(16(23)24)6-7-12(13)19-15(22)10-4-2-9(3-5-10)14(20-17)21-18/h2-8,17H,18H2,1H3,(H,19,22)(H,23,24)/b20-17?,21-14-. The van der Waals surface area contributed by atoms with Gasteiger partial charge in [-0.05, 0) is 30.3 Å². The summed E-state index contributed by atoms with van der Waals surface area (Å²) < 4.78 is 5.11. The van der Waals surface area contributed by atoms with Crippen LogP contribution in [0.2, 0.25) is 0 Å². The van der Waals surface area contributed by atoms with Crippen molar-refractivity contribution < 1.29 is 19.4 Å². The molecule has 25 heavy (non-hydrogen) atoms. The highest BCUT2D eigenvalue weighted by molar-refractivity contribution is 6.06. The minimum Gasteiger partial charge on any atom is -0.495 e. The van der Waals surface area contributed by atoms with Crippen molar-refractivity contribution in [2.75, 3.05) is 12.4 Å². The number of ether oxygens (including phenoxy) is 1. The highest BCUT2D eigenvalue weighted by Crippen LogP contribution is 2.26. The van der Waals surface area contributed by atoms with Crippen molar-refractivity contribution in [1.82, 2.24) is 0 Å². The molecule has 2 rings (SSSR count). The number of carbonyl (C=O) groups excluding carboxylic acids is 1. The fourth-order valence-corrected chi connectivity index (χ4v) is 2.06. The number of carboxylic acid groups (broad SMARTS) is 1. The summed E-state index contributed by atoms with van der Waals surface area (Å²) in [5, 5.41) is 18.2. The molecule has 9 heteroatoms. The van der Waals surface area contributed by atoms with Crippen LogP contribution in [-0.2, 0) is 0 Å². The van der Waals surface area contributed by atoms with Gasteiger partial charge in [-0.2, -0.15) is 5.10 Å². The number of hydrogen-bond donors (Lipinski definition) is 4. The van der Waals surface area contributed by atoms with Crippen molar-refractivity contribution in [2.45, 2.75) is 0 Å². The van der Waals surface area contributed by atoms with Crippen LogP contribution in [0.1, 0.15) is 26.3 Å². The monoisotopic (exact) mass is 341 g/mol. The molecule has 0 aromatic heterocycles. The molecular formula is C16H15N5O4. The summed E-state index contributed by atoms with van der Waals surface area (Å²) in [6.07, 6.45) is 0. The second-order valence-corrected chi connectivity index (χ2v) is 4.82. The van der Waals surface area contributed by atoms with Crippen molar-refractivity contribution >= 4 is 23.4 Å². The van der Waals surface area contributed by atoms with Gasteiger partial charge in [0.2, 0.25) is 0 Å². The first-order valence-corrected chi connectivity index (χ1v) is 6.98. The second kappa shape index (κ2) is 7.68. The van der Waals surface area contributed by atoms with Gasteiger partial charge < -0.3 is 21.0 Å². The van der Waals surface area contributed by atoms with Gasteiger partial charge in [0.1, 0.15) is 5.75 Å². The van der Waals surface area contributed by atoms with Gasteiger partial charge in [-0.1, -0.05) is 12.1 Å². The third-order valence-electron chi connectivity index (χ3n) is 3.33. The lowest BCUT2D eigenvalue weighted by molar-refractivity contribution is 0.0696. The fraction of sp³-hybridized carbons (Fsp3) is 0.0625. The van der Waals surface area contributed by atoms with Crippen LogP contribution in [0.25, 0.3) is 0 Å². The molecule has 0 fully saturated rings. The number of methoxy groups -OCH3 is 1. The molecule has 0 spiro atoms.